The second kappa shape index (κ2) is 7.38. The van der Waals surface area contributed by atoms with Gasteiger partial charge in [-0.1, -0.05) is 0 Å². The maximum atomic E-state index is 12.9. The Kier molecular flexibility index (Phi) is 5.51. The van der Waals surface area contributed by atoms with Gasteiger partial charge in [0.15, 0.2) is 5.69 Å². The van der Waals surface area contributed by atoms with Gasteiger partial charge in [0.05, 0.1) is 5.69 Å². The molecule has 3 rings (SSSR count). The van der Waals surface area contributed by atoms with Crippen LogP contribution in [0.1, 0.15) is 16.9 Å². The summed E-state index contributed by atoms with van der Waals surface area (Å²) in [5.74, 6) is -0.348. The van der Waals surface area contributed by atoms with Crippen LogP contribution in [0.25, 0.3) is 5.69 Å². The zero-order valence-corrected chi connectivity index (χ0v) is 12.9. The molecule has 5 nitrogen and oxygen atoms in total. The number of hydrogen-bond acceptors (Lipinski definition) is 3. The molecule has 0 spiro atoms. The Balaban J connectivity index is 0.00000176. The normalized spacial score (nSPS) is 15.0. The molecule has 1 aliphatic rings. The SMILES string of the molecule is Cl.O=C(c1ccn(-c2ccc(F)cc2)n1)N1CCCNCC1. The van der Waals surface area contributed by atoms with Gasteiger partial charge in [-0.05, 0) is 43.3 Å². The highest BCUT2D eigenvalue weighted by Crippen LogP contribution is 2.11. The minimum Gasteiger partial charge on any atom is -0.336 e. The third-order valence-electron chi connectivity index (χ3n) is 3.53. The molecule has 0 saturated carbocycles. The maximum Gasteiger partial charge on any atom is 0.274 e. The van der Waals surface area contributed by atoms with Crippen LogP contribution in [0.15, 0.2) is 36.5 Å². The van der Waals surface area contributed by atoms with E-state index in [0.29, 0.717) is 12.2 Å². The number of carbonyl (C=O) groups is 1. The van der Waals surface area contributed by atoms with E-state index in [9.17, 15) is 9.18 Å². The lowest BCUT2D eigenvalue weighted by molar-refractivity contribution is 0.0760. The van der Waals surface area contributed by atoms with Crippen molar-refractivity contribution in [2.75, 3.05) is 26.2 Å². The Bertz CT molecular complexity index is 621. The molecule has 2 aromatic rings. The summed E-state index contributed by atoms with van der Waals surface area (Å²) in [6.45, 7) is 3.19. The molecule has 1 amide bonds. The summed E-state index contributed by atoms with van der Waals surface area (Å²) >= 11 is 0. The lowest BCUT2D eigenvalue weighted by Crippen LogP contribution is -2.34. The van der Waals surface area contributed by atoms with Crippen molar-refractivity contribution in [3.63, 3.8) is 0 Å². The summed E-state index contributed by atoms with van der Waals surface area (Å²) in [5, 5.41) is 7.56. The van der Waals surface area contributed by atoms with E-state index in [1.165, 1.54) is 12.1 Å². The highest BCUT2D eigenvalue weighted by molar-refractivity contribution is 5.92. The third-order valence-corrected chi connectivity index (χ3v) is 3.53. The summed E-state index contributed by atoms with van der Waals surface area (Å²) in [6, 6.07) is 7.71. The van der Waals surface area contributed by atoms with Crippen molar-refractivity contribution in [1.29, 1.82) is 0 Å². The fraction of sp³-hybridized carbons (Fsp3) is 0.333. The largest absolute Gasteiger partial charge is 0.336 e. The topological polar surface area (TPSA) is 50.2 Å². The van der Waals surface area contributed by atoms with E-state index in [2.05, 4.69) is 10.4 Å². The van der Waals surface area contributed by atoms with E-state index in [4.69, 9.17) is 0 Å². The standard InChI is InChI=1S/C15H17FN4O.ClH/c16-12-2-4-13(5-3-12)20-10-6-14(18-20)15(21)19-9-1-7-17-8-11-19;/h2-6,10,17H,1,7-9,11H2;1H. The zero-order chi connectivity index (χ0) is 14.7. The van der Waals surface area contributed by atoms with Crippen molar-refractivity contribution >= 4 is 18.3 Å². The number of hydrogen-bond donors (Lipinski definition) is 1. The molecule has 0 aliphatic carbocycles. The Hall–Kier alpha value is -1.92. The Morgan fingerprint density at radius 3 is 2.68 bits per heavy atom. The van der Waals surface area contributed by atoms with E-state index in [1.54, 1.807) is 29.1 Å². The molecule has 1 aromatic carbocycles. The summed E-state index contributed by atoms with van der Waals surface area (Å²) in [7, 11) is 0. The average Bonchev–Trinajstić information content (AvgIpc) is 2.83. The fourth-order valence-electron chi connectivity index (χ4n) is 2.39. The number of rotatable bonds is 2. The van der Waals surface area contributed by atoms with Crippen LogP contribution in [0.3, 0.4) is 0 Å². The van der Waals surface area contributed by atoms with Gasteiger partial charge >= 0.3 is 0 Å². The highest BCUT2D eigenvalue weighted by atomic mass is 35.5. The smallest absolute Gasteiger partial charge is 0.274 e. The number of nitrogens with zero attached hydrogens (tertiary/aromatic N) is 3. The van der Waals surface area contributed by atoms with Gasteiger partial charge in [-0.2, -0.15) is 5.10 Å². The van der Waals surface area contributed by atoms with E-state index in [-0.39, 0.29) is 24.1 Å². The van der Waals surface area contributed by atoms with Crippen LogP contribution in [-0.2, 0) is 0 Å². The zero-order valence-electron chi connectivity index (χ0n) is 12.0. The summed E-state index contributed by atoms with van der Waals surface area (Å²) in [4.78, 5) is 14.2. The lowest BCUT2D eigenvalue weighted by Gasteiger charge is -2.18. The van der Waals surface area contributed by atoms with Crippen LogP contribution in [0, 0.1) is 5.82 Å². The van der Waals surface area contributed by atoms with Crippen molar-refractivity contribution in [1.82, 2.24) is 20.0 Å². The van der Waals surface area contributed by atoms with E-state index in [1.807, 2.05) is 4.90 Å². The van der Waals surface area contributed by atoms with E-state index in [0.717, 1.165) is 31.7 Å². The molecule has 0 unspecified atom stereocenters. The number of aromatic nitrogens is 2. The van der Waals surface area contributed by atoms with Crippen molar-refractivity contribution < 1.29 is 9.18 Å². The van der Waals surface area contributed by atoms with Crippen molar-refractivity contribution in [3.05, 3.63) is 48.0 Å². The quantitative estimate of drug-likeness (QED) is 0.917. The number of nitrogens with one attached hydrogen (secondary N) is 1. The van der Waals surface area contributed by atoms with Gasteiger partial charge in [-0.15, -0.1) is 12.4 Å². The van der Waals surface area contributed by atoms with Crippen LogP contribution >= 0.6 is 12.4 Å². The molecular formula is C15H18ClFN4O. The van der Waals surface area contributed by atoms with Gasteiger partial charge in [0.25, 0.3) is 5.91 Å². The molecule has 0 bridgehead atoms. The molecule has 22 heavy (non-hydrogen) atoms. The van der Waals surface area contributed by atoms with Gasteiger partial charge in [-0.25, -0.2) is 9.07 Å². The monoisotopic (exact) mass is 324 g/mol. The predicted molar refractivity (Wildman–Crippen MR) is 84.2 cm³/mol. The first-order chi connectivity index (χ1) is 10.2. The molecule has 1 saturated heterocycles. The van der Waals surface area contributed by atoms with Crippen molar-refractivity contribution in [2.24, 2.45) is 0 Å². The fourth-order valence-corrected chi connectivity index (χ4v) is 2.39. The molecule has 0 radical (unpaired) electrons. The van der Waals surface area contributed by atoms with E-state index >= 15 is 0 Å². The molecule has 0 atom stereocenters. The van der Waals surface area contributed by atoms with Crippen molar-refractivity contribution in [3.8, 4) is 5.69 Å². The highest BCUT2D eigenvalue weighted by Gasteiger charge is 2.19. The predicted octanol–water partition coefficient (Wildman–Crippen LogP) is 1.87. The molecule has 1 aromatic heterocycles. The Morgan fingerprint density at radius 2 is 1.91 bits per heavy atom. The van der Waals surface area contributed by atoms with Crippen molar-refractivity contribution in [2.45, 2.75) is 6.42 Å². The lowest BCUT2D eigenvalue weighted by atomic mass is 10.3. The third kappa shape index (κ3) is 3.64. The summed E-state index contributed by atoms with van der Waals surface area (Å²) in [6.07, 6.45) is 2.67. The molecule has 118 valence electrons. The van der Waals surface area contributed by atoms with Crippen LogP contribution in [0.2, 0.25) is 0 Å². The minimum absolute atomic E-state index is 0. The first-order valence-corrected chi connectivity index (χ1v) is 7.06. The van der Waals surface area contributed by atoms with E-state index < -0.39 is 0 Å². The first kappa shape index (κ1) is 16.5. The van der Waals surface area contributed by atoms with Gasteiger partial charge < -0.3 is 10.2 Å². The number of amides is 1. The van der Waals surface area contributed by atoms with Crippen LogP contribution in [0.5, 0.6) is 0 Å². The maximum absolute atomic E-state index is 12.9. The van der Waals surface area contributed by atoms with Crippen LogP contribution < -0.4 is 5.32 Å². The molecular weight excluding hydrogens is 307 g/mol. The molecule has 7 heteroatoms. The molecule has 1 fully saturated rings. The Labute approximate surface area is 134 Å². The van der Waals surface area contributed by atoms with Gasteiger partial charge in [0.2, 0.25) is 0 Å². The summed E-state index contributed by atoms with van der Waals surface area (Å²) in [5.41, 5.74) is 1.15. The first-order valence-electron chi connectivity index (χ1n) is 7.06. The molecule has 2 heterocycles. The minimum atomic E-state index is -0.292. The molecule has 1 N–H and O–H groups in total. The Morgan fingerprint density at radius 1 is 1.14 bits per heavy atom. The van der Waals surface area contributed by atoms with Crippen LogP contribution in [-0.4, -0.2) is 46.8 Å². The summed E-state index contributed by atoms with van der Waals surface area (Å²) < 4.78 is 14.5. The average molecular weight is 325 g/mol. The number of benzene rings is 1. The second-order valence-corrected chi connectivity index (χ2v) is 5.02. The van der Waals surface area contributed by atoms with Gasteiger partial charge in [0.1, 0.15) is 5.82 Å². The molecule has 1 aliphatic heterocycles. The second-order valence-electron chi connectivity index (χ2n) is 5.02. The van der Waals surface area contributed by atoms with Crippen LogP contribution in [0.4, 0.5) is 4.39 Å². The number of halogens is 2. The van der Waals surface area contributed by atoms with Gasteiger partial charge in [0, 0.05) is 25.8 Å². The van der Waals surface area contributed by atoms with Gasteiger partial charge in [-0.3, -0.25) is 4.79 Å². The number of carbonyl (C=O) groups excluding carboxylic acids is 1.